The lowest BCUT2D eigenvalue weighted by molar-refractivity contribution is -0.149. The first-order valence-corrected chi connectivity index (χ1v) is 6.05. The van der Waals surface area contributed by atoms with E-state index in [0.717, 1.165) is 12.8 Å². The minimum Gasteiger partial charge on any atom is -0.317 e. The quantitative estimate of drug-likeness (QED) is 0.716. The number of hydrogen-bond donors (Lipinski definition) is 1. The molecule has 0 aliphatic carbocycles. The molecule has 1 fully saturated rings. The molecule has 1 aliphatic rings. The standard InChI is InChI=1S/C12H22N2O2/c1-9-7-11(15)14(12(16)8-9)6-4-5-10(2)13-3/h9-10,13H,4-8H2,1-3H3. The predicted molar refractivity (Wildman–Crippen MR) is 62.9 cm³/mol. The summed E-state index contributed by atoms with van der Waals surface area (Å²) in [7, 11) is 1.92. The summed E-state index contributed by atoms with van der Waals surface area (Å²) >= 11 is 0. The van der Waals surface area contributed by atoms with Crippen molar-refractivity contribution >= 4 is 11.8 Å². The molecule has 1 heterocycles. The Kier molecular flexibility index (Phi) is 4.93. The van der Waals surface area contributed by atoms with Crippen molar-refractivity contribution in [2.75, 3.05) is 13.6 Å². The molecule has 0 radical (unpaired) electrons. The van der Waals surface area contributed by atoms with Gasteiger partial charge in [0.15, 0.2) is 0 Å². The van der Waals surface area contributed by atoms with Crippen LogP contribution in [0.1, 0.15) is 39.5 Å². The molecule has 0 spiro atoms. The summed E-state index contributed by atoms with van der Waals surface area (Å²) in [5, 5.41) is 3.14. The first kappa shape index (κ1) is 13.2. The number of amides is 2. The largest absolute Gasteiger partial charge is 0.317 e. The molecule has 0 bridgehead atoms. The number of rotatable bonds is 5. The number of hydrogen-bond acceptors (Lipinski definition) is 3. The van der Waals surface area contributed by atoms with Gasteiger partial charge in [0.25, 0.3) is 0 Å². The fourth-order valence-electron chi connectivity index (χ4n) is 1.98. The Morgan fingerprint density at radius 2 is 1.94 bits per heavy atom. The van der Waals surface area contributed by atoms with Crippen LogP contribution < -0.4 is 5.32 Å². The van der Waals surface area contributed by atoms with E-state index in [1.54, 1.807) is 0 Å². The van der Waals surface area contributed by atoms with Crippen molar-refractivity contribution in [3.05, 3.63) is 0 Å². The van der Waals surface area contributed by atoms with E-state index < -0.39 is 0 Å². The Hall–Kier alpha value is -0.900. The van der Waals surface area contributed by atoms with E-state index in [4.69, 9.17) is 0 Å². The molecule has 0 saturated carbocycles. The molecular formula is C12H22N2O2. The third kappa shape index (κ3) is 3.59. The molecule has 0 aromatic rings. The Balaban J connectivity index is 2.35. The topological polar surface area (TPSA) is 49.4 Å². The first-order chi connectivity index (χ1) is 7.54. The number of carbonyl (C=O) groups is 2. The first-order valence-electron chi connectivity index (χ1n) is 6.05. The van der Waals surface area contributed by atoms with Crippen molar-refractivity contribution in [3.63, 3.8) is 0 Å². The SMILES string of the molecule is CNC(C)CCCN1C(=O)CC(C)CC1=O. The van der Waals surface area contributed by atoms with Gasteiger partial charge < -0.3 is 5.32 Å². The van der Waals surface area contributed by atoms with E-state index >= 15 is 0 Å². The summed E-state index contributed by atoms with van der Waals surface area (Å²) in [4.78, 5) is 24.7. The molecule has 1 atom stereocenters. The lowest BCUT2D eigenvalue weighted by Crippen LogP contribution is -2.43. The highest BCUT2D eigenvalue weighted by Gasteiger charge is 2.29. The van der Waals surface area contributed by atoms with Crippen molar-refractivity contribution < 1.29 is 9.59 Å². The van der Waals surface area contributed by atoms with Crippen LogP contribution in [0, 0.1) is 5.92 Å². The second-order valence-electron chi connectivity index (χ2n) is 4.78. The smallest absolute Gasteiger partial charge is 0.229 e. The van der Waals surface area contributed by atoms with E-state index in [0.29, 0.717) is 25.4 Å². The van der Waals surface area contributed by atoms with Crippen molar-refractivity contribution in [1.29, 1.82) is 0 Å². The van der Waals surface area contributed by atoms with Crippen LogP contribution in [-0.4, -0.2) is 36.3 Å². The number of nitrogens with zero attached hydrogens (tertiary/aromatic N) is 1. The van der Waals surface area contributed by atoms with Crippen molar-refractivity contribution in [3.8, 4) is 0 Å². The zero-order chi connectivity index (χ0) is 12.1. The number of imide groups is 1. The second kappa shape index (κ2) is 5.99. The third-order valence-electron chi connectivity index (χ3n) is 3.16. The minimum atomic E-state index is 0.000797. The van der Waals surface area contributed by atoms with Gasteiger partial charge >= 0.3 is 0 Å². The highest BCUT2D eigenvalue weighted by Crippen LogP contribution is 2.19. The van der Waals surface area contributed by atoms with Gasteiger partial charge in [0.05, 0.1) is 0 Å². The summed E-state index contributed by atoms with van der Waals surface area (Å²) in [6, 6.07) is 0.439. The van der Waals surface area contributed by atoms with Gasteiger partial charge in [-0.25, -0.2) is 0 Å². The molecule has 1 unspecified atom stereocenters. The zero-order valence-electron chi connectivity index (χ0n) is 10.5. The van der Waals surface area contributed by atoms with Gasteiger partial charge in [0, 0.05) is 25.4 Å². The van der Waals surface area contributed by atoms with Crippen LogP contribution in [0.15, 0.2) is 0 Å². The summed E-state index contributed by atoms with van der Waals surface area (Å²) in [6.07, 6.45) is 2.91. The maximum absolute atomic E-state index is 11.6. The molecule has 1 saturated heterocycles. The van der Waals surface area contributed by atoms with Gasteiger partial charge in [-0.05, 0) is 32.7 Å². The minimum absolute atomic E-state index is 0.000797. The molecule has 1 aliphatic heterocycles. The summed E-state index contributed by atoms with van der Waals surface area (Å²) in [5.74, 6) is 0.217. The fourth-order valence-corrected chi connectivity index (χ4v) is 1.98. The lowest BCUT2D eigenvalue weighted by Gasteiger charge is -2.28. The zero-order valence-corrected chi connectivity index (χ0v) is 10.5. The van der Waals surface area contributed by atoms with Crippen LogP contribution in [0.4, 0.5) is 0 Å². The molecule has 92 valence electrons. The van der Waals surface area contributed by atoms with Crippen molar-refractivity contribution in [2.45, 2.75) is 45.6 Å². The van der Waals surface area contributed by atoms with Crippen molar-refractivity contribution in [2.24, 2.45) is 5.92 Å². The molecule has 1 rings (SSSR count). The van der Waals surface area contributed by atoms with Gasteiger partial charge in [-0.15, -0.1) is 0 Å². The van der Waals surface area contributed by atoms with Crippen LogP contribution in [0.5, 0.6) is 0 Å². The Labute approximate surface area is 97.4 Å². The van der Waals surface area contributed by atoms with E-state index in [1.807, 2.05) is 14.0 Å². The number of nitrogens with one attached hydrogen (secondary N) is 1. The molecule has 0 aromatic heterocycles. The van der Waals surface area contributed by atoms with Gasteiger partial charge in [0.1, 0.15) is 0 Å². The summed E-state index contributed by atoms with van der Waals surface area (Å²) in [6.45, 7) is 4.63. The van der Waals surface area contributed by atoms with Crippen LogP contribution in [0.2, 0.25) is 0 Å². The summed E-state index contributed by atoms with van der Waals surface area (Å²) < 4.78 is 0. The molecule has 1 N–H and O–H groups in total. The Morgan fingerprint density at radius 1 is 1.38 bits per heavy atom. The maximum Gasteiger partial charge on any atom is 0.229 e. The van der Waals surface area contributed by atoms with E-state index in [2.05, 4.69) is 12.2 Å². The number of likely N-dealkylation sites (tertiary alicyclic amines) is 1. The molecule has 0 aromatic carbocycles. The predicted octanol–water partition coefficient (Wildman–Crippen LogP) is 1.16. The van der Waals surface area contributed by atoms with Crippen LogP contribution in [0.25, 0.3) is 0 Å². The number of piperidine rings is 1. The second-order valence-corrected chi connectivity index (χ2v) is 4.78. The Bertz CT molecular complexity index is 248. The van der Waals surface area contributed by atoms with Crippen molar-refractivity contribution in [1.82, 2.24) is 10.2 Å². The van der Waals surface area contributed by atoms with E-state index in [1.165, 1.54) is 4.90 Å². The van der Waals surface area contributed by atoms with Gasteiger partial charge in [-0.2, -0.15) is 0 Å². The van der Waals surface area contributed by atoms with E-state index in [-0.39, 0.29) is 17.7 Å². The van der Waals surface area contributed by atoms with E-state index in [9.17, 15) is 9.59 Å². The average molecular weight is 226 g/mol. The average Bonchev–Trinajstić information content (AvgIpc) is 2.21. The van der Waals surface area contributed by atoms with Gasteiger partial charge in [0.2, 0.25) is 11.8 Å². The lowest BCUT2D eigenvalue weighted by atomic mass is 9.97. The van der Waals surface area contributed by atoms with Gasteiger partial charge in [-0.1, -0.05) is 6.92 Å². The van der Waals surface area contributed by atoms with Crippen LogP contribution in [0.3, 0.4) is 0 Å². The summed E-state index contributed by atoms with van der Waals surface area (Å²) in [5.41, 5.74) is 0. The van der Waals surface area contributed by atoms with Crippen LogP contribution >= 0.6 is 0 Å². The Morgan fingerprint density at radius 3 is 2.44 bits per heavy atom. The monoisotopic (exact) mass is 226 g/mol. The molecule has 2 amide bonds. The molecule has 4 nitrogen and oxygen atoms in total. The number of carbonyl (C=O) groups excluding carboxylic acids is 2. The fraction of sp³-hybridized carbons (Fsp3) is 0.833. The normalized spacial score (nSPS) is 20.3. The highest BCUT2D eigenvalue weighted by atomic mass is 16.2. The highest BCUT2D eigenvalue weighted by molar-refractivity contribution is 5.97. The maximum atomic E-state index is 11.6. The third-order valence-corrected chi connectivity index (χ3v) is 3.16. The van der Waals surface area contributed by atoms with Gasteiger partial charge in [-0.3, -0.25) is 14.5 Å². The van der Waals surface area contributed by atoms with Crippen LogP contribution in [-0.2, 0) is 9.59 Å². The molecule has 4 heteroatoms. The molecular weight excluding hydrogens is 204 g/mol. The molecule has 16 heavy (non-hydrogen) atoms.